The first-order chi connectivity index (χ1) is 24.8. The third kappa shape index (κ3) is 4.57. The zero-order chi connectivity index (χ0) is 33.0. The molecule has 50 heavy (non-hydrogen) atoms. The molecule has 0 atom stereocenters. The zero-order valence-electron chi connectivity index (χ0n) is 27.4. The van der Waals surface area contributed by atoms with Gasteiger partial charge in [0.1, 0.15) is 0 Å². The van der Waals surface area contributed by atoms with Crippen molar-refractivity contribution < 1.29 is 0 Å². The summed E-state index contributed by atoms with van der Waals surface area (Å²) in [5.41, 5.74) is 14.2. The first kappa shape index (κ1) is 28.4. The van der Waals surface area contributed by atoms with Crippen molar-refractivity contribution >= 4 is 43.6 Å². The monoisotopic (exact) mass is 636 g/mol. The van der Waals surface area contributed by atoms with Crippen LogP contribution in [0.1, 0.15) is 0 Å². The van der Waals surface area contributed by atoms with Crippen LogP contribution in [0, 0.1) is 0 Å². The minimum atomic E-state index is 1.13. The normalized spacial score (nSPS) is 11.6. The standard InChI is InChI=1S/C48H32N2/c1-3-15-33(16-4-1)35-27-36(34-17-5-2-6-18-34)29-37(28-35)38-30-39(49-45-23-11-7-19-41(45)42-20-8-12-24-46(42)49)32-40(31-38)50-47-25-13-9-21-43(47)44-22-10-14-26-48(44)50/h1-32H. The second kappa shape index (κ2) is 11.5. The van der Waals surface area contributed by atoms with E-state index in [0.717, 1.165) is 16.9 Å². The molecule has 2 aromatic heterocycles. The van der Waals surface area contributed by atoms with Gasteiger partial charge in [0.2, 0.25) is 0 Å². The molecule has 0 aliphatic rings. The van der Waals surface area contributed by atoms with Gasteiger partial charge < -0.3 is 9.13 Å². The van der Waals surface area contributed by atoms with Gasteiger partial charge in [-0.15, -0.1) is 0 Å². The van der Waals surface area contributed by atoms with E-state index in [1.165, 1.54) is 71.4 Å². The topological polar surface area (TPSA) is 9.86 Å². The molecule has 0 saturated carbocycles. The van der Waals surface area contributed by atoms with E-state index in [1.54, 1.807) is 0 Å². The second-order valence-corrected chi connectivity index (χ2v) is 13.0. The molecule has 0 N–H and O–H groups in total. The van der Waals surface area contributed by atoms with Crippen LogP contribution < -0.4 is 0 Å². The number of hydrogen-bond donors (Lipinski definition) is 0. The van der Waals surface area contributed by atoms with E-state index in [1.807, 2.05) is 0 Å². The summed E-state index contributed by atoms with van der Waals surface area (Å²) in [5, 5.41) is 5.02. The van der Waals surface area contributed by atoms with Crippen LogP contribution in [0.25, 0.3) is 88.4 Å². The Hall–Kier alpha value is -6.64. The van der Waals surface area contributed by atoms with E-state index < -0.39 is 0 Å². The third-order valence-corrected chi connectivity index (χ3v) is 10.1. The number of para-hydroxylation sites is 4. The largest absolute Gasteiger partial charge is 0.309 e. The fraction of sp³-hybridized carbons (Fsp3) is 0. The van der Waals surface area contributed by atoms with Crippen LogP contribution >= 0.6 is 0 Å². The first-order valence-electron chi connectivity index (χ1n) is 17.2. The Bertz CT molecular complexity index is 2560. The van der Waals surface area contributed by atoms with Crippen LogP contribution in [0.3, 0.4) is 0 Å². The molecule has 0 saturated heterocycles. The van der Waals surface area contributed by atoms with Crippen molar-refractivity contribution in [3.8, 4) is 44.8 Å². The average Bonchev–Trinajstić information content (AvgIpc) is 3.71. The van der Waals surface area contributed by atoms with Crippen molar-refractivity contribution in [3.63, 3.8) is 0 Å². The van der Waals surface area contributed by atoms with Gasteiger partial charge in [0.15, 0.2) is 0 Å². The molecular formula is C48H32N2. The lowest BCUT2D eigenvalue weighted by molar-refractivity contribution is 1.13. The van der Waals surface area contributed by atoms with E-state index in [2.05, 4.69) is 203 Å². The van der Waals surface area contributed by atoms with E-state index in [4.69, 9.17) is 0 Å². The molecule has 0 aliphatic heterocycles. The Labute approximate surface area is 290 Å². The number of fused-ring (bicyclic) bond motifs is 6. The Morgan fingerprint density at radius 3 is 0.860 bits per heavy atom. The van der Waals surface area contributed by atoms with Gasteiger partial charge in [-0.25, -0.2) is 0 Å². The molecule has 0 unspecified atom stereocenters. The van der Waals surface area contributed by atoms with Crippen LogP contribution in [0.5, 0.6) is 0 Å². The van der Waals surface area contributed by atoms with Crippen molar-refractivity contribution in [1.29, 1.82) is 0 Å². The minimum absolute atomic E-state index is 1.13. The molecule has 0 spiro atoms. The summed E-state index contributed by atoms with van der Waals surface area (Å²) >= 11 is 0. The van der Waals surface area contributed by atoms with Gasteiger partial charge in [0.25, 0.3) is 0 Å². The Morgan fingerprint density at radius 2 is 0.500 bits per heavy atom. The molecule has 0 aliphatic carbocycles. The number of nitrogens with zero attached hydrogens (tertiary/aromatic N) is 2. The fourth-order valence-electron chi connectivity index (χ4n) is 7.81. The van der Waals surface area contributed by atoms with E-state index in [9.17, 15) is 0 Å². The molecule has 0 radical (unpaired) electrons. The summed E-state index contributed by atoms with van der Waals surface area (Å²) < 4.78 is 4.87. The molecule has 10 rings (SSSR count). The molecule has 0 fully saturated rings. The Morgan fingerprint density at radius 1 is 0.220 bits per heavy atom. The van der Waals surface area contributed by atoms with Crippen molar-refractivity contribution in [3.05, 3.63) is 194 Å². The predicted molar refractivity (Wildman–Crippen MR) is 211 cm³/mol. The molecule has 8 aromatic carbocycles. The number of hydrogen-bond acceptors (Lipinski definition) is 0. The van der Waals surface area contributed by atoms with Gasteiger partial charge >= 0.3 is 0 Å². The molecular weight excluding hydrogens is 605 g/mol. The zero-order valence-corrected chi connectivity index (χ0v) is 27.4. The van der Waals surface area contributed by atoms with Gasteiger partial charge in [-0.05, 0) is 94.0 Å². The molecule has 2 heteroatoms. The van der Waals surface area contributed by atoms with E-state index >= 15 is 0 Å². The van der Waals surface area contributed by atoms with Crippen LogP contribution in [0.15, 0.2) is 194 Å². The quantitative estimate of drug-likeness (QED) is 0.178. The van der Waals surface area contributed by atoms with Gasteiger partial charge in [0.05, 0.1) is 22.1 Å². The van der Waals surface area contributed by atoms with Crippen molar-refractivity contribution in [1.82, 2.24) is 9.13 Å². The van der Waals surface area contributed by atoms with Gasteiger partial charge in [-0.2, -0.15) is 0 Å². The van der Waals surface area contributed by atoms with Crippen LogP contribution in [-0.2, 0) is 0 Å². The fourth-order valence-corrected chi connectivity index (χ4v) is 7.81. The second-order valence-electron chi connectivity index (χ2n) is 13.0. The third-order valence-electron chi connectivity index (χ3n) is 10.1. The Kier molecular flexibility index (Phi) is 6.53. The maximum absolute atomic E-state index is 2.44. The maximum Gasteiger partial charge on any atom is 0.0541 e. The van der Waals surface area contributed by atoms with Crippen molar-refractivity contribution in [2.75, 3.05) is 0 Å². The van der Waals surface area contributed by atoms with Crippen molar-refractivity contribution in [2.24, 2.45) is 0 Å². The molecule has 0 bridgehead atoms. The lowest BCUT2D eigenvalue weighted by Crippen LogP contribution is -2.00. The summed E-state index contributed by atoms with van der Waals surface area (Å²) in [7, 11) is 0. The molecule has 234 valence electrons. The summed E-state index contributed by atoms with van der Waals surface area (Å²) in [4.78, 5) is 0. The first-order valence-corrected chi connectivity index (χ1v) is 17.2. The smallest absolute Gasteiger partial charge is 0.0541 e. The van der Waals surface area contributed by atoms with Gasteiger partial charge in [-0.1, -0.05) is 133 Å². The van der Waals surface area contributed by atoms with Crippen LogP contribution in [-0.4, -0.2) is 9.13 Å². The van der Waals surface area contributed by atoms with Crippen LogP contribution in [0.4, 0.5) is 0 Å². The molecule has 2 heterocycles. The number of rotatable bonds is 5. The molecule has 2 nitrogen and oxygen atoms in total. The summed E-state index contributed by atoms with van der Waals surface area (Å²) in [5.74, 6) is 0. The van der Waals surface area contributed by atoms with Crippen LogP contribution in [0.2, 0.25) is 0 Å². The van der Waals surface area contributed by atoms with Gasteiger partial charge in [0, 0.05) is 32.9 Å². The Balaban J connectivity index is 1.31. The summed E-state index contributed by atoms with van der Waals surface area (Å²) in [6.07, 6.45) is 0. The highest BCUT2D eigenvalue weighted by molar-refractivity contribution is 6.10. The summed E-state index contributed by atoms with van der Waals surface area (Å²) in [6, 6.07) is 70.6. The molecule has 0 amide bonds. The predicted octanol–water partition coefficient (Wildman–Crippen LogP) is 12.9. The SMILES string of the molecule is c1ccc(-c2cc(-c3ccccc3)cc(-c3cc(-n4c5ccccc5c5ccccc54)cc(-n4c5ccccc5c5ccccc54)c3)c2)cc1. The van der Waals surface area contributed by atoms with E-state index in [0.29, 0.717) is 0 Å². The average molecular weight is 637 g/mol. The van der Waals surface area contributed by atoms with Crippen molar-refractivity contribution in [2.45, 2.75) is 0 Å². The molecule has 10 aromatic rings. The van der Waals surface area contributed by atoms with E-state index in [-0.39, 0.29) is 0 Å². The highest BCUT2D eigenvalue weighted by Crippen LogP contribution is 2.39. The number of benzene rings is 8. The highest BCUT2D eigenvalue weighted by atomic mass is 15.0. The summed E-state index contributed by atoms with van der Waals surface area (Å²) in [6.45, 7) is 0. The minimum Gasteiger partial charge on any atom is -0.309 e. The maximum atomic E-state index is 2.44. The highest BCUT2D eigenvalue weighted by Gasteiger charge is 2.18. The van der Waals surface area contributed by atoms with Gasteiger partial charge in [-0.3, -0.25) is 0 Å². The number of aromatic nitrogens is 2. The lowest BCUT2D eigenvalue weighted by Gasteiger charge is -2.17. The lowest BCUT2D eigenvalue weighted by atomic mass is 9.93.